The van der Waals surface area contributed by atoms with Gasteiger partial charge in [0.2, 0.25) is 0 Å². The Bertz CT molecular complexity index is 923. The molecule has 0 spiro atoms. The van der Waals surface area contributed by atoms with Gasteiger partial charge in [-0.3, -0.25) is 20.5 Å². The van der Waals surface area contributed by atoms with Crippen molar-refractivity contribution in [1.82, 2.24) is 20.7 Å². The van der Waals surface area contributed by atoms with Gasteiger partial charge in [-0.15, -0.1) is 0 Å². The van der Waals surface area contributed by atoms with Crippen LogP contribution in [0.3, 0.4) is 0 Å². The lowest BCUT2D eigenvalue weighted by atomic mass is 10.2. The number of hydrazine groups is 1. The maximum atomic E-state index is 12.8. The first-order chi connectivity index (χ1) is 14.7. The van der Waals surface area contributed by atoms with Gasteiger partial charge in [-0.25, -0.2) is 4.98 Å². The summed E-state index contributed by atoms with van der Waals surface area (Å²) >= 11 is 11.1. The van der Waals surface area contributed by atoms with Crippen LogP contribution in [0, 0.1) is 0 Å². The van der Waals surface area contributed by atoms with Gasteiger partial charge in [0.05, 0.1) is 17.1 Å². The molecule has 0 unspecified atom stereocenters. The van der Waals surface area contributed by atoms with E-state index in [0.29, 0.717) is 32.0 Å². The number of anilines is 2. The van der Waals surface area contributed by atoms with Crippen molar-refractivity contribution in [3.8, 4) is 0 Å². The predicted molar refractivity (Wildman–Crippen MR) is 117 cm³/mol. The molecule has 2 heterocycles. The SMILES string of the molecule is O=C(CN1CCN(c2ncc(C(F)(F)F)cc2Cl)CC1)NNC(=S)Nc1ccccc1. The van der Waals surface area contributed by atoms with Crippen molar-refractivity contribution in [2.75, 3.05) is 42.9 Å². The molecule has 0 radical (unpaired) electrons. The first-order valence-electron chi connectivity index (χ1n) is 9.33. The summed E-state index contributed by atoms with van der Waals surface area (Å²) in [5.41, 5.74) is 5.09. The van der Waals surface area contributed by atoms with Gasteiger partial charge in [-0.1, -0.05) is 29.8 Å². The number of rotatable bonds is 4. The summed E-state index contributed by atoms with van der Waals surface area (Å²) in [5.74, 6) is 0.0362. The molecule has 1 aromatic heterocycles. The van der Waals surface area contributed by atoms with Gasteiger partial charge in [-0.2, -0.15) is 13.2 Å². The second-order valence-electron chi connectivity index (χ2n) is 6.78. The summed E-state index contributed by atoms with van der Waals surface area (Å²) < 4.78 is 38.3. The topological polar surface area (TPSA) is 72.5 Å². The molecule has 0 aliphatic carbocycles. The summed E-state index contributed by atoms with van der Waals surface area (Å²) in [7, 11) is 0. The van der Waals surface area contributed by atoms with E-state index in [1.165, 1.54) is 0 Å². The van der Waals surface area contributed by atoms with Crippen LogP contribution in [0.25, 0.3) is 0 Å². The molecule has 1 fully saturated rings. The molecule has 7 nitrogen and oxygen atoms in total. The lowest BCUT2D eigenvalue weighted by Gasteiger charge is -2.35. The molecule has 1 aromatic carbocycles. The first-order valence-corrected chi connectivity index (χ1v) is 10.1. The number of carbonyl (C=O) groups excluding carboxylic acids is 1. The van der Waals surface area contributed by atoms with E-state index in [1.807, 2.05) is 35.2 Å². The molecule has 1 aliphatic heterocycles. The third-order valence-electron chi connectivity index (χ3n) is 4.54. The average Bonchev–Trinajstić information content (AvgIpc) is 2.73. The van der Waals surface area contributed by atoms with Crippen molar-refractivity contribution in [3.05, 3.63) is 53.2 Å². The molecule has 3 N–H and O–H groups in total. The van der Waals surface area contributed by atoms with Gasteiger partial charge in [0, 0.05) is 38.1 Å². The van der Waals surface area contributed by atoms with E-state index in [0.717, 1.165) is 18.0 Å². The van der Waals surface area contributed by atoms with Crippen LogP contribution in [-0.4, -0.2) is 53.6 Å². The predicted octanol–water partition coefficient (Wildman–Crippen LogP) is 2.89. The highest BCUT2D eigenvalue weighted by atomic mass is 35.5. The highest BCUT2D eigenvalue weighted by Gasteiger charge is 2.32. The van der Waals surface area contributed by atoms with Crippen molar-refractivity contribution in [3.63, 3.8) is 0 Å². The van der Waals surface area contributed by atoms with E-state index in [1.54, 1.807) is 4.90 Å². The molecular formula is C19H20ClF3N6OS. The standard InChI is InChI=1S/C19H20ClF3N6OS/c20-15-10-13(19(21,22)23)11-24-17(15)29-8-6-28(7-9-29)12-16(30)26-27-18(31)25-14-4-2-1-3-5-14/h1-5,10-11H,6-9,12H2,(H,26,30)(H2,25,27,31). The van der Waals surface area contributed by atoms with E-state index in [4.69, 9.17) is 23.8 Å². The molecular weight excluding hydrogens is 453 g/mol. The zero-order valence-corrected chi connectivity index (χ0v) is 17.8. The van der Waals surface area contributed by atoms with Crippen LogP contribution in [0.5, 0.6) is 0 Å². The van der Waals surface area contributed by atoms with E-state index in [-0.39, 0.29) is 22.6 Å². The van der Waals surface area contributed by atoms with Crippen molar-refractivity contribution in [2.24, 2.45) is 0 Å². The number of nitrogens with one attached hydrogen (secondary N) is 3. The Morgan fingerprint density at radius 1 is 1.13 bits per heavy atom. The third kappa shape index (κ3) is 6.68. The highest BCUT2D eigenvalue weighted by Crippen LogP contribution is 2.33. The minimum absolute atomic E-state index is 0.0513. The number of hydrogen-bond acceptors (Lipinski definition) is 5. The van der Waals surface area contributed by atoms with Gasteiger partial charge in [-0.05, 0) is 30.4 Å². The largest absolute Gasteiger partial charge is 0.417 e. The summed E-state index contributed by atoms with van der Waals surface area (Å²) in [6.45, 7) is 2.15. The molecule has 1 saturated heterocycles. The monoisotopic (exact) mass is 472 g/mol. The Morgan fingerprint density at radius 2 is 1.81 bits per heavy atom. The molecule has 0 saturated carbocycles. The van der Waals surface area contributed by atoms with Crippen LogP contribution in [0.4, 0.5) is 24.7 Å². The van der Waals surface area contributed by atoms with E-state index < -0.39 is 11.7 Å². The van der Waals surface area contributed by atoms with Gasteiger partial charge in [0.25, 0.3) is 5.91 Å². The number of halogens is 4. The molecule has 12 heteroatoms. The number of carbonyl (C=O) groups is 1. The van der Waals surface area contributed by atoms with Gasteiger partial charge in [0.15, 0.2) is 5.11 Å². The van der Waals surface area contributed by atoms with Crippen molar-refractivity contribution >= 4 is 46.3 Å². The fourth-order valence-electron chi connectivity index (χ4n) is 2.99. The maximum Gasteiger partial charge on any atom is 0.417 e. The summed E-state index contributed by atoms with van der Waals surface area (Å²) in [6, 6.07) is 10.2. The second-order valence-corrected chi connectivity index (χ2v) is 7.60. The van der Waals surface area contributed by atoms with E-state index in [9.17, 15) is 18.0 Å². The van der Waals surface area contributed by atoms with Gasteiger partial charge < -0.3 is 10.2 Å². The number of para-hydroxylation sites is 1. The van der Waals surface area contributed by atoms with Crippen molar-refractivity contribution in [1.29, 1.82) is 0 Å². The van der Waals surface area contributed by atoms with Crippen LogP contribution < -0.4 is 21.1 Å². The smallest absolute Gasteiger partial charge is 0.353 e. The molecule has 166 valence electrons. The zero-order valence-electron chi connectivity index (χ0n) is 16.2. The van der Waals surface area contributed by atoms with Gasteiger partial charge in [0.1, 0.15) is 5.82 Å². The number of benzene rings is 1. The number of nitrogens with zero attached hydrogens (tertiary/aromatic N) is 3. The second kappa shape index (κ2) is 10.1. The minimum Gasteiger partial charge on any atom is -0.353 e. The molecule has 1 amide bonds. The summed E-state index contributed by atoms with van der Waals surface area (Å²) in [6.07, 6.45) is -3.72. The van der Waals surface area contributed by atoms with Gasteiger partial charge >= 0.3 is 6.18 Å². The molecule has 0 atom stereocenters. The van der Waals surface area contributed by atoms with Crippen LogP contribution in [0.1, 0.15) is 5.56 Å². The minimum atomic E-state index is -4.49. The van der Waals surface area contributed by atoms with E-state index >= 15 is 0 Å². The van der Waals surface area contributed by atoms with Crippen LogP contribution in [0.2, 0.25) is 5.02 Å². The molecule has 0 bridgehead atoms. The Hall–Kier alpha value is -2.63. The fraction of sp³-hybridized carbons (Fsp3) is 0.316. The quantitative estimate of drug-likeness (QED) is 0.467. The number of amides is 1. The van der Waals surface area contributed by atoms with Crippen molar-refractivity contribution in [2.45, 2.75) is 6.18 Å². The van der Waals surface area contributed by atoms with Crippen LogP contribution in [0.15, 0.2) is 42.6 Å². The molecule has 3 rings (SSSR count). The van der Waals surface area contributed by atoms with E-state index in [2.05, 4.69) is 21.2 Å². The lowest BCUT2D eigenvalue weighted by Crippen LogP contribution is -2.52. The molecule has 2 aromatic rings. The Kier molecular flexibility index (Phi) is 7.52. The third-order valence-corrected chi connectivity index (χ3v) is 5.02. The zero-order chi connectivity index (χ0) is 22.4. The number of alkyl halides is 3. The lowest BCUT2D eigenvalue weighted by molar-refractivity contribution is -0.137. The summed E-state index contributed by atoms with van der Waals surface area (Å²) in [5, 5.41) is 3.14. The number of aromatic nitrogens is 1. The molecule has 1 aliphatic rings. The van der Waals surface area contributed by atoms with Crippen LogP contribution >= 0.6 is 23.8 Å². The average molecular weight is 473 g/mol. The maximum absolute atomic E-state index is 12.8. The highest BCUT2D eigenvalue weighted by molar-refractivity contribution is 7.80. The number of hydrogen-bond donors (Lipinski definition) is 3. The summed E-state index contributed by atoms with van der Waals surface area (Å²) in [4.78, 5) is 19.7. The van der Waals surface area contributed by atoms with Crippen LogP contribution in [-0.2, 0) is 11.0 Å². The Balaban J connectivity index is 1.42. The normalized spacial score (nSPS) is 14.8. The molecule has 31 heavy (non-hydrogen) atoms. The Labute approximate surface area is 187 Å². The number of thiocarbonyl (C=S) groups is 1. The fourth-order valence-corrected chi connectivity index (χ4v) is 3.44. The van der Waals surface area contributed by atoms with Crippen molar-refractivity contribution < 1.29 is 18.0 Å². The number of piperazine rings is 1. The Morgan fingerprint density at radius 3 is 2.42 bits per heavy atom. The first kappa shape index (κ1) is 23.0. The number of pyridine rings is 1.